The Balaban J connectivity index is 1.72. The van der Waals surface area contributed by atoms with Crippen LogP contribution in [0, 0.1) is 0 Å². The zero-order valence-electron chi connectivity index (χ0n) is 11.8. The third kappa shape index (κ3) is 3.18. The first kappa shape index (κ1) is 14.3. The standard InChI is InChI=1S/C15H18N4S2/c1-19-8-7-11-12(9-19)21-14(13(11)16)18-15(20)17-10-5-3-2-4-6-10/h2-6H,7-9,16H2,1H3,(H2,17,18,20). The molecule has 0 amide bonds. The predicted molar refractivity (Wildman–Crippen MR) is 95.1 cm³/mol. The monoisotopic (exact) mass is 318 g/mol. The molecule has 4 nitrogen and oxygen atoms in total. The fourth-order valence-corrected chi connectivity index (χ4v) is 3.97. The number of nitrogen functional groups attached to an aromatic ring is 1. The molecule has 0 saturated carbocycles. The van der Waals surface area contributed by atoms with Gasteiger partial charge in [-0.2, -0.15) is 0 Å². The van der Waals surface area contributed by atoms with E-state index in [0.717, 1.165) is 35.9 Å². The van der Waals surface area contributed by atoms with E-state index in [1.165, 1.54) is 10.4 Å². The van der Waals surface area contributed by atoms with Crippen molar-refractivity contribution in [1.82, 2.24) is 4.90 Å². The molecule has 0 saturated heterocycles. The van der Waals surface area contributed by atoms with E-state index in [4.69, 9.17) is 18.0 Å². The second-order valence-corrected chi connectivity index (χ2v) is 6.69. The second-order valence-electron chi connectivity index (χ2n) is 5.18. The summed E-state index contributed by atoms with van der Waals surface area (Å²) in [5.74, 6) is 0. The van der Waals surface area contributed by atoms with Crippen LogP contribution in [0.4, 0.5) is 16.4 Å². The van der Waals surface area contributed by atoms with Gasteiger partial charge in [-0.05, 0) is 43.4 Å². The maximum atomic E-state index is 6.25. The number of nitrogens with zero attached hydrogens (tertiary/aromatic N) is 1. The molecule has 0 aliphatic carbocycles. The first-order chi connectivity index (χ1) is 10.1. The molecule has 1 aromatic heterocycles. The Labute approximate surface area is 134 Å². The van der Waals surface area contributed by atoms with Crippen molar-refractivity contribution < 1.29 is 0 Å². The molecule has 2 heterocycles. The number of thiophene rings is 1. The van der Waals surface area contributed by atoms with Crippen molar-refractivity contribution in [2.45, 2.75) is 13.0 Å². The zero-order valence-corrected chi connectivity index (χ0v) is 13.5. The molecule has 4 N–H and O–H groups in total. The molecule has 0 unspecified atom stereocenters. The lowest BCUT2D eigenvalue weighted by Crippen LogP contribution is -2.25. The lowest BCUT2D eigenvalue weighted by atomic mass is 10.1. The molecule has 1 aliphatic rings. The molecule has 0 radical (unpaired) electrons. The van der Waals surface area contributed by atoms with Crippen LogP contribution >= 0.6 is 23.6 Å². The number of thiocarbonyl (C=S) groups is 1. The molecule has 110 valence electrons. The van der Waals surface area contributed by atoms with E-state index < -0.39 is 0 Å². The summed E-state index contributed by atoms with van der Waals surface area (Å²) in [6.07, 6.45) is 1.01. The maximum Gasteiger partial charge on any atom is 0.175 e. The summed E-state index contributed by atoms with van der Waals surface area (Å²) in [6, 6.07) is 9.87. The van der Waals surface area contributed by atoms with Crippen molar-refractivity contribution in [3.05, 3.63) is 40.8 Å². The molecular weight excluding hydrogens is 300 g/mol. The Hall–Kier alpha value is -1.63. The second kappa shape index (κ2) is 6.01. The van der Waals surface area contributed by atoms with Gasteiger partial charge in [0, 0.05) is 23.7 Å². The SMILES string of the molecule is CN1CCc2c(sc(NC(=S)Nc3ccccc3)c2N)C1. The van der Waals surface area contributed by atoms with Gasteiger partial charge >= 0.3 is 0 Å². The van der Waals surface area contributed by atoms with Crippen molar-refractivity contribution >= 4 is 45.0 Å². The van der Waals surface area contributed by atoms with Gasteiger partial charge < -0.3 is 21.3 Å². The largest absolute Gasteiger partial charge is 0.396 e. The third-order valence-electron chi connectivity index (χ3n) is 3.55. The average Bonchev–Trinajstić information content (AvgIpc) is 2.75. The van der Waals surface area contributed by atoms with Gasteiger partial charge in [0.15, 0.2) is 5.11 Å². The van der Waals surface area contributed by atoms with E-state index in [1.807, 2.05) is 30.3 Å². The van der Waals surface area contributed by atoms with Gasteiger partial charge in [-0.1, -0.05) is 18.2 Å². The average molecular weight is 318 g/mol. The number of hydrogen-bond donors (Lipinski definition) is 3. The normalized spacial score (nSPS) is 14.5. The Morgan fingerprint density at radius 2 is 2.05 bits per heavy atom. The van der Waals surface area contributed by atoms with Crippen molar-refractivity contribution in [2.24, 2.45) is 0 Å². The van der Waals surface area contributed by atoms with Gasteiger partial charge in [-0.15, -0.1) is 11.3 Å². The Morgan fingerprint density at radius 3 is 2.81 bits per heavy atom. The molecule has 21 heavy (non-hydrogen) atoms. The molecule has 2 aromatic rings. The number of hydrogen-bond acceptors (Lipinski definition) is 4. The number of nitrogens with one attached hydrogen (secondary N) is 2. The van der Waals surface area contributed by atoms with Crippen LogP contribution in [-0.2, 0) is 13.0 Å². The van der Waals surface area contributed by atoms with E-state index in [-0.39, 0.29) is 0 Å². The minimum absolute atomic E-state index is 0.569. The van der Waals surface area contributed by atoms with E-state index in [2.05, 4.69) is 22.6 Å². The summed E-state index contributed by atoms with van der Waals surface area (Å²) in [5.41, 5.74) is 9.35. The smallest absolute Gasteiger partial charge is 0.175 e. The number of rotatable bonds is 2. The summed E-state index contributed by atoms with van der Waals surface area (Å²) >= 11 is 7.06. The van der Waals surface area contributed by atoms with E-state index >= 15 is 0 Å². The molecule has 0 atom stereocenters. The first-order valence-corrected chi connectivity index (χ1v) is 8.07. The van der Waals surface area contributed by atoms with Crippen molar-refractivity contribution in [3.8, 4) is 0 Å². The quantitative estimate of drug-likeness (QED) is 0.743. The first-order valence-electron chi connectivity index (χ1n) is 6.85. The fourth-order valence-electron chi connectivity index (χ4n) is 2.44. The molecule has 0 fully saturated rings. The highest BCUT2D eigenvalue weighted by Gasteiger charge is 2.21. The van der Waals surface area contributed by atoms with Crippen LogP contribution in [0.2, 0.25) is 0 Å². The van der Waals surface area contributed by atoms with Gasteiger partial charge in [-0.25, -0.2) is 0 Å². The van der Waals surface area contributed by atoms with Crippen LogP contribution in [0.5, 0.6) is 0 Å². The maximum absolute atomic E-state index is 6.25. The van der Waals surface area contributed by atoms with Crippen LogP contribution in [0.1, 0.15) is 10.4 Å². The van der Waals surface area contributed by atoms with Crippen LogP contribution in [0.25, 0.3) is 0 Å². The molecule has 1 aromatic carbocycles. The lowest BCUT2D eigenvalue weighted by Gasteiger charge is -2.21. The Bertz CT molecular complexity index is 651. The number of nitrogens with two attached hydrogens (primary N) is 1. The fraction of sp³-hybridized carbons (Fsp3) is 0.267. The molecule has 0 spiro atoms. The van der Waals surface area contributed by atoms with Gasteiger partial charge in [0.05, 0.1) is 5.69 Å². The van der Waals surface area contributed by atoms with Crippen LogP contribution in [0.3, 0.4) is 0 Å². The number of likely N-dealkylation sites (N-methyl/N-ethyl adjacent to an activating group) is 1. The highest BCUT2D eigenvalue weighted by molar-refractivity contribution is 7.80. The zero-order chi connectivity index (χ0) is 14.8. The topological polar surface area (TPSA) is 53.3 Å². The van der Waals surface area contributed by atoms with Crippen molar-refractivity contribution in [2.75, 3.05) is 30.0 Å². The van der Waals surface area contributed by atoms with Crippen LogP contribution < -0.4 is 16.4 Å². The van der Waals surface area contributed by atoms with E-state index in [9.17, 15) is 0 Å². The van der Waals surface area contributed by atoms with E-state index in [1.54, 1.807) is 11.3 Å². The minimum atomic E-state index is 0.569. The van der Waals surface area contributed by atoms with Gasteiger partial charge in [0.2, 0.25) is 0 Å². The Morgan fingerprint density at radius 1 is 1.29 bits per heavy atom. The predicted octanol–water partition coefficient (Wildman–Crippen LogP) is 3.13. The molecule has 1 aliphatic heterocycles. The summed E-state index contributed by atoms with van der Waals surface area (Å²) < 4.78 is 0. The molecule has 6 heteroatoms. The molecular formula is C15H18N4S2. The van der Waals surface area contributed by atoms with Gasteiger partial charge in [0.25, 0.3) is 0 Å². The molecule has 3 rings (SSSR count). The number of para-hydroxylation sites is 1. The van der Waals surface area contributed by atoms with Crippen LogP contribution in [-0.4, -0.2) is 23.6 Å². The Kier molecular flexibility index (Phi) is 4.10. The lowest BCUT2D eigenvalue weighted by molar-refractivity contribution is 0.317. The van der Waals surface area contributed by atoms with Crippen LogP contribution in [0.15, 0.2) is 30.3 Å². The summed E-state index contributed by atoms with van der Waals surface area (Å²) in [5, 5.41) is 7.91. The summed E-state index contributed by atoms with van der Waals surface area (Å²) in [6.45, 7) is 2.02. The van der Waals surface area contributed by atoms with Crippen molar-refractivity contribution in [3.63, 3.8) is 0 Å². The number of anilines is 3. The summed E-state index contributed by atoms with van der Waals surface area (Å²) in [7, 11) is 2.13. The number of fused-ring (bicyclic) bond motifs is 1. The number of benzene rings is 1. The highest BCUT2D eigenvalue weighted by atomic mass is 32.1. The van der Waals surface area contributed by atoms with Gasteiger partial charge in [0.1, 0.15) is 5.00 Å². The van der Waals surface area contributed by atoms with Gasteiger partial charge in [-0.3, -0.25) is 0 Å². The molecule has 0 bridgehead atoms. The summed E-state index contributed by atoms with van der Waals surface area (Å²) in [4.78, 5) is 3.65. The minimum Gasteiger partial charge on any atom is -0.396 e. The van der Waals surface area contributed by atoms with Crippen molar-refractivity contribution in [1.29, 1.82) is 0 Å². The third-order valence-corrected chi connectivity index (χ3v) is 4.90. The highest BCUT2D eigenvalue weighted by Crippen LogP contribution is 2.38. The van der Waals surface area contributed by atoms with E-state index in [0.29, 0.717) is 5.11 Å².